The van der Waals surface area contributed by atoms with Crippen LogP contribution in [-0.2, 0) is 4.79 Å². The van der Waals surface area contributed by atoms with Crippen LogP contribution in [0.4, 0.5) is 10.5 Å². The van der Waals surface area contributed by atoms with Gasteiger partial charge in [-0.05, 0) is 44.5 Å². The van der Waals surface area contributed by atoms with E-state index in [0.717, 1.165) is 22.9 Å². The van der Waals surface area contributed by atoms with E-state index in [1.54, 1.807) is 25.3 Å². The number of imide groups is 1. The van der Waals surface area contributed by atoms with Crippen LogP contribution < -0.4 is 10.6 Å². The number of hydrogen-bond donors (Lipinski definition) is 3. The van der Waals surface area contributed by atoms with Gasteiger partial charge in [-0.1, -0.05) is 29.5 Å². The van der Waals surface area contributed by atoms with E-state index >= 15 is 0 Å². The predicted molar refractivity (Wildman–Crippen MR) is 102 cm³/mol. The molecule has 0 spiro atoms. The third-order valence-electron chi connectivity index (χ3n) is 3.75. The van der Waals surface area contributed by atoms with Gasteiger partial charge in [-0.2, -0.15) is 0 Å². The molecule has 0 bridgehead atoms. The number of nitrogens with zero attached hydrogens (tertiary/aromatic N) is 2. The molecular formula is C18H19N5O3S. The van der Waals surface area contributed by atoms with Gasteiger partial charge in [0.2, 0.25) is 5.91 Å². The highest BCUT2D eigenvalue weighted by atomic mass is 32.2. The minimum Gasteiger partial charge on any atom is -0.410 e. The van der Waals surface area contributed by atoms with Crippen LogP contribution >= 0.6 is 11.8 Å². The van der Waals surface area contributed by atoms with E-state index in [0.29, 0.717) is 17.3 Å². The SMILES string of the molecule is Cc1ccc(NC(=O)NC(=O)C(C)Sc2nnc(-c3ccc[nH]3)o2)c(C)c1. The number of hydrogen-bond acceptors (Lipinski definition) is 6. The number of rotatable bonds is 5. The number of urea groups is 1. The van der Waals surface area contributed by atoms with Crippen molar-refractivity contribution >= 4 is 29.4 Å². The van der Waals surface area contributed by atoms with E-state index in [9.17, 15) is 9.59 Å². The van der Waals surface area contributed by atoms with Crippen LogP contribution in [0.25, 0.3) is 11.6 Å². The van der Waals surface area contributed by atoms with Gasteiger partial charge < -0.3 is 14.7 Å². The number of anilines is 1. The van der Waals surface area contributed by atoms with Crippen LogP contribution in [-0.4, -0.2) is 32.4 Å². The van der Waals surface area contributed by atoms with Gasteiger partial charge in [0.25, 0.3) is 11.1 Å². The van der Waals surface area contributed by atoms with Crippen LogP contribution in [0, 0.1) is 13.8 Å². The lowest BCUT2D eigenvalue weighted by Crippen LogP contribution is -2.39. The summed E-state index contributed by atoms with van der Waals surface area (Å²) in [4.78, 5) is 27.3. The highest BCUT2D eigenvalue weighted by Crippen LogP contribution is 2.25. The maximum atomic E-state index is 12.2. The molecule has 27 heavy (non-hydrogen) atoms. The summed E-state index contributed by atoms with van der Waals surface area (Å²) >= 11 is 1.08. The lowest BCUT2D eigenvalue weighted by molar-refractivity contribution is -0.119. The Balaban J connectivity index is 1.55. The fourth-order valence-corrected chi connectivity index (χ4v) is 3.04. The number of thioether (sulfide) groups is 1. The maximum absolute atomic E-state index is 12.2. The Kier molecular flexibility index (Phi) is 5.60. The first-order valence-corrected chi connectivity index (χ1v) is 9.13. The van der Waals surface area contributed by atoms with E-state index in [2.05, 4.69) is 25.8 Å². The molecule has 2 heterocycles. The van der Waals surface area contributed by atoms with E-state index < -0.39 is 17.2 Å². The largest absolute Gasteiger partial charge is 0.410 e. The van der Waals surface area contributed by atoms with Crippen molar-refractivity contribution in [3.63, 3.8) is 0 Å². The zero-order valence-electron chi connectivity index (χ0n) is 15.1. The molecule has 0 aliphatic rings. The molecule has 2 aromatic heterocycles. The van der Waals surface area contributed by atoms with E-state index in [1.165, 1.54) is 0 Å². The Bertz CT molecular complexity index is 952. The number of carbonyl (C=O) groups excluding carboxylic acids is 2. The third kappa shape index (κ3) is 4.76. The number of H-pyrrole nitrogens is 1. The van der Waals surface area contributed by atoms with Gasteiger partial charge in [0.15, 0.2) is 0 Å². The average Bonchev–Trinajstić information content (AvgIpc) is 3.28. The molecule has 0 saturated carbocycles. The topological polar surface area (TPSA) is 113 Å². The lowest BCUT2D eigenvalue weighted by Gasteiger charge is -2.12. The molecule has 140 valence electrons. The molecule has 3 amide bonds. The van der Waals surface area contributed by atoms with Gasteiger partial charge >= 0.3 is 6.03 Å². The average molecular weight is 385 g/mol. The summed E-state index contributed by atoms with van der Waals surface area (Å²) in [6.07, 6.45) is 1.75. The highest BCUT2D eigenvalue weighted by Gasteiger charge is 2.21. The maximum Gasteiger partial charge on any atom is 0.325 e. The zero-order chi connectivity index (χ0) is 19.4. The minimum atomic E-state index is -0.591. The number of aromatic nitrogens is 3. The zero-order valence-corrected chi connectivity index (χ0v) is 15.9. The Labute approximate surface area is 160 Å². The lowest BCUT2D eigenvalue weighted by atomic mass is 10.1. The second-order valence-corrected chi connectivity index (χ2v) is 7.27. The van der Waals surface area contributed by atoms with E-state index in [1.807, 2.05) is 32.0 Å². The summed E-state index contributed by atoms with van der Waals surface area (Å²) in [6.45, 7) is 5.52. The number of amides is 3. The molecule has 1 atom stereocenters. The molecule has 3 aromatic rings. The minimum absolute atomic E-state index is 0.247. The van der Waals surface area contributed by atoms with E-state index in [4.69, 9.17) is 4.42 Å². The van der Waals surface area contributed by atoms with Crippen molar-refractivity contribution in [1.82, 2.24) is 20.5 Å². The quantitative estimate of drug-likeness (QED) is 0.579. The molecule has 1 unspecified atom stereocenters. The number of carbonyl (C=O) groups is 2. The summed E-state index contributed by atoms with van der Waals surface area (Å²) in [7, 11) is 0. The fraction of sp³-hybridized carbons (Fsp3) is 0.222. The molecule has 1 aromatic carbocycles. The van der Waals surface area contributed by atoms with Gasteiger partial charge in [-0.15, -0.1) is 10.2 Å². The first-order valence-electron chi connectivity index (χ1n) is 8.25. The van der Waals surface area contributed by atoms with Crippen molar-refractivity contribution in [3.8, 4) is 11.6 Å². The molecule has 8 nitrogen and oxygen atoms in total. The second-order valence-electron chi connectivity index (χ2n) is 5.98. The summed E-state index contributed by atoms with van der Waals surface area (Å²) in [5, 5.41) is 12.5. The molecule has 3 rings (SSSR count). The Morgan fingerprint density at radius 2 is 2.04 bits per heavy atom. The molecule has 3 N–H and O–H groups in total. The van der Waals surface area contributed by atoms with Gasteiger partial charge in [-0.3, -0.25) is 10.1 Å². The fourth-order valence-electron chi connectivity index (χ4n) is 2.36. The summed E-state index contributed by atoms with van der Waals surface area (Å²) in [5.41, 5.74) is 3.36. The summed E-state index contributed by atoms with van der Waals surface area (Å²) in [5.74, 6) is -0.121. The van der Waals surface area contributed by atoms with Crippen molar-refractivity contribution in [2.24, 2.45) is 0 Å². The molecule has 0 radical (unpaired) electrons. The Hall–Kier alpha value is -3.07. The Morgan fingerprint density at radius 3 is 2.74 bits per heavy atom. The standard InChI is InChI=1S/C18H19N5O3S/c1-10-6-7-13(11(2)9-10)20-17(25)21-15(24)12(3)27-18-23-22-16(26-18)14-5-4-8-19-14/h4-9,12,19H,1-3H3,(H2,20,21,24,25). The predicted octanol–water partition coefficient (Wildman–Crippen LogP) is 3.51. The number of nitrogens with one attached hydrogen (secondary N) is 3. The molecule has 0 saturated heterocycles. The van der Waals surface area contributed by atoms with Crippen molar-refractivity contribution in [2.45, 2.75) is 31.2 Å². The van der Waals surface area contributed by atoms with Crippen LogP contribution in [0.5, 0.6) is 0 Å². The van der Waals surface area contributed by atoms with Crippen molar-refractivity contribution in [1.29, 1.82) is 0 Å². The highest BCUT2D eigenvalue weighted by molar-refractivity contribution is 8.00. The van der Waals surface area contributed by atoms with Gasteiger partial charge in [0.1, 0.15) is 5.69 Å². The van der Waals surface area contributed by atoms with Gasteiger partial charge in [0.05, 0.1) is 5.25 Å². The molecular weight excluding hydrogens is 366 g/mol. The molecule has 0 aliphatic carbocycles. The molecule has 0 aliphatic heterocycles. The van der Waals surface area contributed by atoms with E-state index in [-0.39, 0.29) is 5.22 Å². The normalized spacial score (nSPS) is 11.8. The Morgan fingerprint density at radius 1 is 1.22 bits per heavy atom. The van der Waals surface area contributed by atoms with Crippen molar-refractivity contribution in [3.05, 3.63) is 47.7 Å². The first kappa shape index (κ1) is 18.7. The monoisotopic (exact) mass is 385 g/mol. The van der Waals surface area contributed by atoms with Crippen molar-refractivity contribution in [2.75, 3.05) is 5.32 Å². The van der Waals surface area contributed by atoms with Crippen LogP contribution in [0.15, 0.2) is 46.2 Å². The molecule has 0 fully saturated rings. The molecule has 9 heteroatoms. The van der Waals surface area contributed by atoms with Crippen LogP contribution in [0.3, 0.4) is 0 Å². The van der Waals surface area contributed by atoms with Crippen molar-refractivity contribution < 1.29 is 14.0 Å². The van der Waals surface area contributed by atoms with Gasteiger partial charge in [-0.25, -0.2) is 4.79 Å². The van der Waals surface area contributed by atoms with Gasteiger partial charge in [0, 0.05) is 11.9 Å². The number of benzene rings is 1. The van der Waals surface area contributed by atoms with Crippen LogP contribution in [0.2, 0.25) is 0 Å². The number of aryl methyl sites for hydroxylation is 2. The first-order chi connectivity index (χ1) is 12.9. The van der Waals surface area contributed by atoms with Crippen LogP contribution in [0.1, 0.15) is 18.1 Å². The number of aromatic amines is 1. The summed E-state index contributed by atoms with van der Waals surface area (Å²) < 4.78 is 5.51. The third-order valence-corrected chi connectivity index (χ3v) is 4.68. The smallest absolute Gasteiger partial charge is 0.325 e. The second kappa shape index (κ2) is 8.09. The summed E-state index contributed by atoms with van der Waals surface area (Å²) in [6, 6.07) is 8.67.